The lowest BCUT2D eigenvalue weighted by Crippen LogP contribution is -2.25. The first-order valence-electron chi connectivity index (χ1n) is 6.53. The van der Waals surface area contributed by atoms with Crippen molar-refractivity contribution in [1.82, 2.24) is 0 Å². The van der Waals surface area contributed by atoms with E-state index in [0.717, 1.165) is 23.8 Å². The molecule has 0 bridgehead atoms. The molecule has 0 spiro atoms. The van der Waals surface area contributed by atoms with Gasteiger partial charge in [-0.15, -0.1) is 0 Å². The van der Waals surface area contributed by atoms with Crippen LogP contribution in [0.4, 0.5) is 5.69 Å². The molecule has 0 aromatic heterocycles. The van der Waals surface area contributed by atoms with Crippen LogP contribution in [-0.2, 0) is 0 Å². The number of hydrogen-bond donors (Lipinski definition) is 0. The zero-order valence-electron chi connectivity index (χ0n) is 10.6. The number of rotatable bonds is 2. The zero-order valence-corrected chi connectivity index (χ0v) is 10.6. The van der Waals surface area contributed by atoms with Crippen LogP contribution >= 0.6 is 0 Å². The van der Waals surface area contributed by atoms with Crippen molar-refractivity contribution in [2.45, 2.75) is 25.8 Å². The van der Waals surface area contributed by atoms with E-state index in [2.05, 4.69) is 30.0 Å². The van der Waals surface area contributed by atoms with Crippen LogP contribution in [0.5, 0.6) is 0 Å². The Kier molecular flexibility index (Phi) is 2.78. The third-order valence-corrected chi connectivity index (χ3v) is 3.87. The Hall–Kier alpha value is -1.83. The van der Waals surface area contributed by atoms with Crippen LogP contribution in [0.25, 0.3) is 10.8 Å². The molecule has 0 amide bonds. The van der Waals surface area contributed by atoms with Crippen molar-refractivity contribution >= 4 is 22.7 Å². The van der Waals surface area contributed by atoms with Gasteiger partial charge in [-0.25, -0.2) is 0 Å². The van der Waals surface area contributed by atoms with Crippen LogP contribution in [0.2, 0.25) is 0 Å². The highest BCUT2D eigenvalue weighted by Crippen LogP contribution is 2.28. The Bertz CT molecular complexity index is 591. The molecule has 0 saturated carbocycles. The Morgan fingerprint density at radius 3 is 2.67 bits per heavy atom. The fraction of sp³-hybridized carbons (Fsp3) is 0.312. The monoisotopic (exact) mass is 239 g/mol. The molecular weight excluding hydrogens is 222 g/mol. The number of fused-ring (bicyclic) bond motifs is 1. The van der Waals surface area contributed by atoms with Crippen molar-refractivity contribution < 1.29 is 4.79 Å². The molecule has 18 heavy (non-hydrogen) atoms. The van der Waals surface area contributed by atoms with Gasteiger partial charge < -0.3 is 4.90 Å². The minimum absolute atomic E-state index is 0.636. The summed E-state index contributed by atoms with van der Waals surface area (Å²) in [4.78, 5) is 13.2. The summed E-state index contributed by atoms with van der Waals surface area (Å²) in [6, 6.07) is 13.0. The highest BCUT2D eigenvalue weighted by atomic mass is 16.1. The van der Waals surface area contributed by atoms with Crippen molar-refractivity contribution in [3.8, 4) is 0 Å². The summed E-state index contributed by atoms with van der Waals surface area (Å²) in [5.41, 5.74) is 2.04. The van der Waals surface area contributed by atoms with Crippen LogP contribution in [0.15, 0.2) is 36.4 Å². The van der Waals surface area contributed by atoms with Crippen molar-refractivity contribution in [2.24, 2.45) is 0 Å². The minimum Gasteiger partial charge on any atom is -0.369 e. The van der Waals surface area contributed by atoms with Crippen LogP contribution in [0.1, 0.15) is 30.1 Å². The second-order valence-corrected chi connectivity index (χ2v) is 5.09. The molecule has 0 N–H and O–H groups in total. The molecule has 1 saturated heterocycles. The van der Waals surface area contributed by atoms with Gasteiger partial charge in [0.05, 0.1) is 0 Å². The highest BCUT2D eigenvalue weighted by Gasteiger charge is 2.20. The van der Waals surface area contributed by atoms with Gasteiger partial charge in [0, 0.05) is 23.8 Å². The molecule has 1 aliphatic rings. The van der Waals surface area contributed by atoms with Gasteiger partial charge in [0.25, 0.3) is 0 Å². The third-order valence-electron chi connectivity index (χ3n) is 3.87. The van der Waals surface area contributed by atoms with E-state index in [4.69, 9.17) is 0 Å². The molecule has 92 valence electrons. The summed E-state index contributed by atoms with van der Waals surface area (Å²) in [6.45, 7) is 3.44. The minimum atomic E-state index is 0.636. The van der Waals surface area contributed by atoms with Gasteiger partial charge in [0.1, 0.15) is 6.29 Å². The summed E-state index contributed by atoms with van der Waals surface area (Å²) >= 11 is 0. The smallest absolute Gasteiger partial charge is 0.150 e. The second-order valence-electron chi connectivity index (χ2n) is 5.09. The fourth-order valence-electron chi connectivity index (χ4n) is 2.82. The SMILES string of the molecule is CC1CCCN1c1ccc2cc(C=O)ccc2c1. The first-order valence-corrected chi connectivity index (χ1v) is 6.53. The topological polar surface area (TPSA) is 20.3 Å². The third kappa shape index (κ3) is 1.88. The second kappa shape index (κ2) is 4.45. The van der Waals surface area contributed by atoms with E-state index in [-0.39, 0.29) is 0 Å². The van der Waals surface area contributed by atoms with Crippen molar-refractivity contribution in [3.05, 3.63) is 42.0 Å². The van der Waals surface area contributed by atoms with Gasteiger partial charge in [0.2, 0.25) is 0 Å². The number of aldehydes is 1. The van der Waals surface area contributed by atoms with Gasteiger partial charge in [-0.3, -0.25) is 4.79 Å². The van der Waals surface area contributed by atoms with Crippen molar-refractivity contribution in [3.63, 3.8) is 0 Å². The first-order chi connectivity index (χ1) is 8.78. The maximum absolute atomic E-state index is 10.8. The van der Waals surface area contributed by atoms with Gasteiger partial charge in [-0.1, -0.05) is 18.2 Å². The fourth-order valence-corrected chi connectivity index (χ4v) is 2.82. The number of hydrogen-bond acceptors (Lipinski definition) is 2. The quantitative estimate of drug-likeness (QED) is 0.746. The summed E-state index contributed by atoms with van der Waals surface area (Å²) < 4.78 is 0. The summed E-state index contributed by atoms with van der Waals surface area (Å²) in [6.07, 6.45) is 3.46. The van der Waals surface area contributed by atoms with E-state index < -0.39 is 0 Å². The molecule has 1 aliphatic heterocycles. The highest BCUT2D eigenvalue weighted by molar-refractivity contribution is 5.91. The van der Waals surface area contributed by atoms with Crippen molar-refractivity contribution in [2.75, 3.05) is 11.4 Å². The van der Waals surface area contributed by atoms with Crippen LogP contribution < -0.4 is 4.90 Å². The lowest BCUT2D eigenvalue weighted by molar-refractivity contribution is 0.112. The number of anilines is 1. The Balaban J connectivity index is 2.03. The van der Waals surface area contributed by atoms with E-state index in [0.29, 0.717) is 6.04 Å². The van der Waals surface area contributed by atoms with Gasteiger partial charge in [-0.05, 0) is 48.7 Å². The van der Waals surface area contributed by atoms with Crippen molar-refractivity contribution in [1.29, 1.82) is 0 Å². The standard InChI is InChI=1S/C16H17NO/c1-12-3-2-8-17(12)16-7-6-14-9-13(11-18)4-5-15(14)10-16/h4-7,9-12H,2-3,8H2,1H3. The molecule has 1 atom stereocenters. The molecule has 2 aromatic rings. The molecule has 2 nitrogen and oxygen atoms in total. The summed E-state index contributed by atoms with van der Waals surface area (Å²) in [7, 11) is 0. The predicted molar refractivity (Wildman–Crippen MR) is 75.4 cm³/mol. The van der Waals surface area contributed by atoms with Gasteiger partial charge in [-0.2, -0.15) is 0 Å². The maximum atomic E-state index is 10.8. The number of carbonyl (C=O) groups is 1. The molecule has 2 heteroatoms. The largest absolute Gasteiger partial charge is 0.369 e. The normalized spacial score (nSPS) is 19.4. The first kappa shape index (κ1) is 11.3. The summed E-state index contributed by atoms with van der Waals surface area (Å²) in [5.74, 6) is 0. The van der Waals surface area contributed by atoms with Crippen LogP contribution in [0, 0.1) is 0 Å². The van der Waals surface area contributed by atoms with Gasteiger partial charge in [0.15, 0.2) is 0 Å². The molecular formula is C16H17NO. The molecule has 1 unspecified atom stereocenters. The average molecular weight is 239 g/mol. The number of nitrogens with zero attached hydrogens (tertiary/aromatic N) is 1. The van der Waals surface area contributed by atoms with E-state index >= 15 is 0 Å². The molecule has 1 fully saturated rings. The maximum Gasteiger partial charge on any atom is 0.150 e. The zero-order chi connectivity index (χ0) is 12.5. The molecule has 0 aliphatic carbocycles. The molecule has 2 aromatic carbocycles. The average Bonchev–Trinajstić information content (AvgIpc) is 2.84. The van der Waals surface area contributed by atoms with E-state index in [1.165, 1.54) is 23.9 Å². The predicted octanol–water partition coefficient (Wildman–Crippen LogP) is 3.64. The van der Waals surface area contributed by atoms with Gasteiger partial charge >= 0.3 is 0 Å². The Labute approximate surface area is 107 Å². The lowest BCUT2D eigenvalue weighted by atomic mass is 10.1. The molecule has 3 rings (SSSR count). The Morgan fingerprint density at radius 1 is 1.17 bits per heavy atom. The van der Waals surface area contributed by atoms with Crippen LogP contribution in [-0.4, -0.2) is 18.9 Å². The number of carbonyl (C=O) groups excluding carboxylic acids is 1. The van der Waals surface area contributed by atoms with E-state index in [9.17, 15) is 4.79 Å². The Morgan fingerprint density at radius 2 is 1.94 bits per heavy atom. The van der Waals surface area contributed by atoms with Crippen LogP contribution in [0.3, 0.4) is 0 Å². The molecule has 0 radical (unpaired) electrons. The lowest BCUT2D eigenvalue weighted by Gasteiger charge is -2.24. The number of benzene rings is 2. The summed E-state index contributed by atoms with van der Waals surface area (Å²) in [5, 5.41) is 2.34. The van der Waals surface area contributed by atoms with E-state index in [1.807, 2.05) is 18.2 Å². The van der Waals surface area contributed by atoms with E-state index in [1.54, 1.807) is 0 Å². The molecule has 1 heterocycles.